The summed E-state index contributed by atoms with van der Waals surface area (Å²) < 4.78 is 0. The Labute approximate surface area is 145 Å². The average Bonchev–Trinajstić information content (AvgIpc) is 3.08. The summed E-state index contributed by atoms with van der Waals surface area (Å²) in [5.74, 6) is 0. The molecule has 0 saturated heterocycles. The highest BCUT2D eigenvalue weighted by atomic mass is 32.2. The highest BCUT2D eigenvalue weighted by Gasteiger charge is 2.19. The van der Waals surface area contributed by atoms with Gasteiger partial charge in [-0.25, -0.2) is 0 Å². The summed E-state index contributed by atoms with van der Waals surface area (Å²) >= 11 is 0. The van der Waals surface area contributed by atoms with Crippen LogP contribution < -0.4 is 0 Å². The fourth-order valence-corrected chi connectivity index (χ4v) is 5.27. The Kier molecular flexibility index (Phi) is 4.14. The molecule has 1 aliphatic heterocycles. The van der Waals surface area contributed by atoms with Crippen LogP contribution >= 0.6 is 10.5 Å². The Morgan fingerprint density at radius 1 is 0.750 bits per heavy atom. The molecule has 2 heteroatoms. The number of fused-ring (bicyclic) bond motifs is 1. The van der Waals surface area contributed by atoms with E-state index in [0.717, 1.165) is 12.1 Å². The van der Waals surface area contributed by atoms with Gasteiger partial charge in [-0.1, -0.05) is 61.5 Å². The van der Waals surface area contributed by atoms with Crippen LogP contribution in [0.25, 0.3) is 0 Å². The molecule has 4 rings (SSSR count). The number of aliphatic imine (C=N–C) groups is 1. The first-order valence-electron chi connectivity index (χ1n) is 8.26. The number of aryl methyl sites for hydroxylation is 1. The minimum Gasteiger partial charge on any atom is -0.255 e. The Balaban J connectivity index is 2.00. The molecule has 3 aromatic rings. The van der Waals surface area contributed by atoms with Gasteiger partial charge in [0.15, 0.2) is 0 Å². The molecule has 1 aliphatic rings. The van der Waals surface area contributed by atoms with Crippen LogP contribution in [0.4, 0.5) is 5.69 Å². The number of rotatable bonds is 3. The third kappa shape index (κ3) is 2.63. The minimum absolute atomic E-state index is 0.131. The first kappa shape index (κ1) is 15.1. The molecule has 1 nitrogen and oxygen atoms in total. The van der Waals surface area contributed by atoms with Crippen molar-refractivity contribution in [2.45, 2.75) is 23.1 Å². The molecule has 1 heterocycles. The Hall–Kier alpha value is -2.45. The van der Waals surface area contributed by atoms with Gasteiger partial charge in [-0.2, -0.15) is 0 Å². The molecule has 0 atom stereocenters. The van der Waals surface area contributed by atoms with Gasteiger partial charge in [0.05, 0.1) is 5.69 Å². The van der Waals surface area contributed by atoms with Gasteiger partial charge < -0.3 is 0 Å². The molecule has 0 fully saturated rings. The van der Waals surface area contributed by atoms with E-state index in [1.165, 1.54) is 25.8 Å². The highest BCUT2D eigenvalue weighted by molar-refractivity contribution is 8.17. The van der Waals surface area contributed by atoms with E-state index in [9.17, 15) is 0 Å². The van der Waals surface area contributed by atoms with E-state index in [2.05, 4.69) is 92.0 Å². The van der Waals surface area contributed by atoms with Crippen LogP contribution in [0.1, 0.15) is 18.1 Å². The molecule has 0 aliphatic carbocycles. The molecule has 3 aromatic carbocycles. The van der Waals surface area contributed by atoms with Crippen LogP contribution in [0, 0.1) is 0 Å². The SMILES string of the molecule is CCc1cccc2c1N=CC2=S(c1ccccc1)c1ccccc1. The lowest BCUT2D eigenvalue weighted by molar-refractivity contribution is 1.14. The van der Waals surface area contributed by atoms with Crippen molar-refractivity contribution in [2.24, 2.45) is 4.99 Å². The summed E-state index contributed by atoms with van der Waals surface area (Å²) in [6.07, 6.45) is 3.09. The number of para-hydroxylation sites is 1. The second kappa shape index (κ2) is 6.58. The van der Waals surface area contributed by atoms with Crippen LogP contribution in [0.15, 0.2) is 93.6 Å². The standard InChI is InChI=1S/C22H19NS/c1-2-17-10-9-15-20-21(16-23-22(17)20)24(18-11-5-3-6-12-18)19-13-7-4-8-14-19/h3-16H,2H2,1H3. The van der Waals surface area contributed by atoms with E-state index in [1.807, 2.05) is 0 Å². The van der Waals surface area contributed by atoms with E-state index in [0.29, 0.717) is 0 Å². The van der Waals surface area contributed by atoms with E-state index in [-0.39, 0.29) is 10.5 Å². The topological polar surface area (TPSA) is 12.4 Å². The zero-order chi connectivity index (χ0) is 16.4. The zero-order valence-corrected chi connectivity index (χ0v) is 14.5. The van der Waals surface area contributed by atoms with Crippen molar-refractivity contribution in [1.82, 2.24) is 0 Å². The fraction of sp³-hybridized carbons (Fsp3) is 0.0909. The number of nitrogens with zero attached hydrogens (tertiary/aromatic N) is 1. The Bertz CT molecular complexity index is 883. The zero-order valence-electron chi connectivity index (χ0n) is 13.6. The Morgan fingerprint density at radius 2 is 1.38 bits per heavy atom. The molecule has 0 unspecified atom stereocenters. The molecule has 0 spiro atoms. The minimum atomic E-state index is -0.131. The van der Waals surface area contributed by atoms with Gasteiger partial charge in [0, 0.05) is 26.4 Å². The van der Waals surface area contributed by atoms with Crippen molar-refractivity contribution in [3.05, 3.63) is 90.0 Å². The molecular formula is C22H19NS. The smallest absolute Gasteiger partial charge is 0.0746 e. The van der Waals surface area contributed by atoms with Gasteiger partial charge >= 0.3 is 0 Å². The lowest BCUT2D eigenvalue weighted by atomic mass is 10.1. The summed E-state index contributed by atoms with van der Waals surface area (Å²) in [4.78, 5) is 8.75. The monoisotopic (exact) mass is 329 g/mol. The van der Waals surface area contributed by atoms with Crippen molar-refractivity contribution >= 4 is 27.3 Å². The van der Waals surface area contributed by atoms with E-state index in [1.54, 1.807) is 0 Å². The lowest BCUT2D eigenvalue weighted by Crippen LogP contribution is -2.00. The third-order valence-corrected chi connectivity index (χ3v) is 6.51. The summed E-state index contributed by atoms with van der Waals surface area (Å²) in [6.45, 7) is 2.19. The van der Waals surface area contributed by atoms with Crippen molar-refractivity contribution < 1.29 is 0 Å². The van der Waals surface area contributed by atoms with Gasteiger partial charge in [-0.15, -0.1) is 10.5 Å². The van der Waals surface area contributed by atoms with Crippen LogP contribution in [0.3, 0.4) is 0 Å². The number of benzene rings is 3. The van der Waals surface area contributed by atoms with Crippen molar-refractivity contribution in [2.75, 3.05) is 0 Å². The maximum Gasteiger partial charge on any atom is 0.0746 e. The van der Waals surface area contributed by atoms with E-state index >= 15 is 0 Å². The molecule has 0 aromatic heterocycles. The van der Waals surface area contributed by atoms with Gasteiger partial charge in [0.2, 0.25) is 0 Å². The number of hydrogen-bond donors (Lipinski definition) is 0. The van der Waals surface area contributed by atoms with Crippen LogP contribution in [0.5, 0.6) is 0 Å². The predicted molar refractivity (Wildman–Crippen MR) is 105 cm³/mol. The van der Waals surface area contributed by atoms with Gasteiger partial charge in [-0.3, -0.25) is 4.99 Å². The average molecular weight is 329 g/mol. The summed E-state index contributed by atoms with van der Waals surface area (Å²) in [6, 6.07) is 28.1. The van der Waals surface area contributed by atoms with Crippen LogP contribution in [0.2, 0.25) is 0 Å². The second-order valence-corrected chi connectivity index (χ2v) is 7.72. The molecule has 0 N–H and O–H groups in total. The second-order valence-electron chi connectivity index (χ2n) is 5.72. The largest absolute Gasteiger partial charge is 0.255 e. The maximum absolute atomic E-state index is 4.77. The number of hydrogen-bond acceptors (Lipinski definition) is 1. The highest BCUT2D eigenvalue weighted by Crippen LogP contribution is 2.42. The van der Waals surface area contributed by atoms with E-state index < -0.39 is 0 Å². The summed E-state index contributed by atoms with van der Waals surface area (Å²) in [5, 5.41) is 0. The first-order chi connectivity index (χ1) is 11.9. The molecule has 0 radical (unpaired) electrons. The van der Waals surface area contributed by atoms with Gasteiger partial charge in [-0.05, 0) is 36.2 Å². The molecular weight excluding hydrogens is 310 g/mol. The fourth-order valence-electron chi connectivity index (χ4n) is 3.09. The van der Waals surface area contributed by atoms with Crippen LogP contribution in [-0.2, 0) is 6.42 Å². The molecule has 118 valence electrons. The Morgan fingerprint density at radius 3 is 1.96 bits per heavy atom. The molecule has 0 saturated carbocycles. The van der Waals surface area contributed by atoms with Crippen LogP contribution in [-0.4, -0.2) is 11.1 Å². The first-order valence-corrected chi connectivity index (χ1v) is 9.48. The molecule has 0 amide bonds. The predicted octanol–water partition coefficient (Wildman–Crippen LogP) is 5.87. The maximum atomic E-state index is 4.77. The quantitative estimate of drug-likeness (QED) is 0.533. The van der Waals surface area contributed by atoms with Gasteiger partial charge in [0.1, 0.15) is 0 Å². The third-order valence-electron chi connectivity index (χ3n) is 4.25. The van der Waals surface area contributed by atoms with Crippen molar-refractivity contribution in [3.63, 3.8) is 0 Å². The summed E-state index contributed by atoms with van der Waals surface area (Å²) in [7, 11) is -0.131. The molecule has 0 bridgehead atoms. The molecule has 24 heavy (non-hydrogen) atoms. The summed E-state index contributed by atoms with van der Waals surface area (Å²) in [5.41, 5.74) is 3.76. The van der Waals surface area contributed by atoms with Crippen molar-refractivity contribution in [3.8, 4) is 0 Å². The lowest BCUT2D eigenvalue weighted by Gasteiger charge is -2.14. The normalized spacial score (nSPS) is 12.7. The van der Waals surface area contributed by atoms with Gasteiger partial charge in [0.25, 0.3) is 0 Å². The van der Waals surface area contributed by atoms with E-state index in [4.69, 9.17) is 4.99 Å². The van der Waals surface area contributed by atoms with Crippen molar-refractivity contribution in [1.29, 1.82) is 0 Å².